The smallest absolute Gasteiger partial charge is 0.306 e. The molecule has 0 rings (SSSR count). The molecule has 0 N–H and O–H groups in total. The third kappa shape index (κ3) is 42.3. The van der Waals surface area contributed by atoms with Gasteiger partial charge in [-0.05, 0) is 77.0 Å². The van der Waals surface area contributed by atoms with Crippen LogP contribution < -0.4 is 0 Å². The van der Waals surface area contributed by atoms with Gasteiger partial charge in [-0.3, -0.25) is 9.59 Å². The fourth-order valence-electron chi connectivity index (χ4n) is 6.15. The normalized spacial score (nSPS) is 12.7. The monoisotopic (exact) mass is 755 g/mol. The molecular formula is C49H86O5. The van der Waals surface area contributed by atoms with Gasteiger partial charge in [0.1, 0.15) is 6.61 Å². The van der Waals surface area contributed by atoms with Gasteiger partial charge in [0.25, 0.3) is 0 Å². The molecule has 1 unspecified atom stereocenters. The van der Waals surface area contributed by atoms with Crippen molar-refractivity contribution in [1.82, 2.24) is 0 Å². The summed E-state index contributed by atoms with van der Waals surface area (Å²) in [4.78, 5) is 25.2. The molecule has 0 aliphatic carbocycles. The molecule has 5 heteroatoms. The molecule has 0 fully saturated rings. The molecule has 0 aromatic rings. The SMILES string of the molecule is CC/C=C\C/C=C\C/C=C\CCCCCCCC(=O)OCC(COCCCCCCCCCCCC)OC(=O)CCCCCCC/C=C\C/C=C\CCC. The van der Waals surface area contributed by atoms with Crippen molar-refractivity contribution < 1.29 is 23.8 Å². The van der Waals surface area contributed by atoms with E-state index in [2.05, 4.69) is 81.5 Å². The number of carbonyl (C=O) groups excluding carboxylic acids is 2. The Kier molecular flexibility index (Phi) is 43.0. The fourth-order valence-corrected chi connectivity index (χ4v) is 6.15. The van der Waals surface area contributed by atoms with E-state index in [1.54, 1.807) is 0 Å². The third-order valence-corrected chi connectivity index (χ3v) is 9.52. The van der Waals surface area contributed by atoms with Crippen LogP contribution in [0.4, 0.5) is 0 Å². The Morgan fingerprint density at radius 3 is 1.41 bits per heavy atom. The number of allylic oxidation sites excluding steroid dienone is 10. The van der Waals surface area contributed by atoms with Crippen LogP contribution in [0.1, 0.15) is 213 Å². The molecule has 5 nitrogen and oxygen atoms in total. The molecule has 0 aliphatic heterocycles. The van der Waals surface area contributed by atoms with Crippen LogP contribution in [0.2, 0.25) is 0 Å². The molecule has 0 bridgehead atoms. The average Bonchev–Trinajstić information content (AvgIpc) is 3.17. The number of esters is 2. The predicted molar refractivity (Wildman–Crippen MR) is 233 cm³/mol. The topological polar surface area (TPSA) is 61.8 Å². The van der Waals surface area contributed by atoms with Crippen molar-refractivity contribution in [1.29, 1.82) is 0 Å². The summed E-state index contributed by atoms with van der Waals surface area (Å²) in [6.45, 7) is 7.62. The second-order valence-corrected chi connectivity index (χ2v) is 14.9. The van der Waals surface area contributed by atoms with Crippen molar-refractivity contribution in [3.05, 3.63) is 60.8 Å². The Morgan fingerprint density at radius 2 is 0.870 bits per heavy atom. The lowest BCUT2D eigenvalue weighted by molar-refractivity contribution is -0.163. The minimum Gasteiger partial charge on any atom is -0.462 e. The maximum absolute atomic E-state index is 12.7. The van der Waals surface area contributed by atoms with Gasteiger partial charge in [-0.15, -0.1) is 0 Å². The Hall–Kier alpha value is -2.40. The molecule has 0 aliphatic rings. The van der Waals surface area contributed by atoms with Gasteiger partial charge < -0.3 is 14.2 Å². The maximum Gasteiger partial charge on any atom is 0.306 e. The lowest BCUT2D eigenvalue weighted by Gasteiger charge is -2.18. The average molecular weight is 755 g/mol. The van der Waals surface area contributed by atoms with E-state index in [9.17, 15) is 9.59 Å². The molecule has 0 radical (unpaired) electrons. The van der Waals surface area contributed by atoms with Crippen LogP contribution >= 0.6 is 0 Å². The van der Waals surface area contributed by atoms with E-state index in [-0.39, 0.29) is 25.2 Å². The number of rotatable bonds is 41. The van der Waals surface area contributed by atoms with Crippen molar-refractivity contribution in [3.63, 3.8) is 0 Å². The molecule has 0 amide bonds. The first kappa shape index (κ1) is 51.6. The van der Waals surface area contributed by atoms with Gasteiger partial charge in [0.15, 0.2) is 6.10 Å². The first-order valence-corrected chi connectivity index (χ1v) is 22.8. The number of unbranched alkanes of at least 4 members (excludes halogenated alkanes) is 20. The lowest BCUT2D eigenvalue weighted by Crippen LogP contribution is -2.30. The lowest BCUT2D eigenvalue weighted by atomic mass is 10.1. The summed E-state index contributed by atoms with van der Waals surface area (Å²) in [5.74, 6) is -0.432. The first-order valence-electron chi connectivity index (χ1n) is 22.8. The highest BCUT2D eigenvalue weighted by molar-refractivity contribution is 5.70. The van der Waals surface area contributed by atoms with Gasteiger partial charge in [-0.25, -0.2) is 0 Å². The Labute approximate surface area is 334 Å². The standard InChI is InChI=1S/C49H86O5/c1-4-7-10-13-16-19-22-24-25-27-28-30-33-36-39-42-48(50)53-46-47(45-52-44-41-38-35-32-21-18-15-12-9-6-3)54-49(51)43-40-37-34-31-29-26-23-20-17-14-11-8-5-2/h7,10-11,14,16,19-20,23-25,47H,4-6,8-9,12-13,15,17-18,21-22,26-46H2,1-3H3/b10-7-,14-11-,19-16-,23-20-,25-24-. The second kappa shape index (κ2) is 45.0. The van der Waals surface area contributed by atoms with Gasteiger partial charge >= 0.3 is 11.9 Å². The zero-order valence-electron chi connectivity index (χ0n) is 35.7. The molecule has 54 heavy (non-hydrogen) atoms. The summed E-state index contributed by atoms with van der Waals surface area (Å²) >= 11 is 0. The summed E-state index contributed by atoms with van der Waals surface area (Å²) in [7, 11) is 0. The van der Waals surface area contributed by atoms with Gasteiger partial charge in [0.2, 0.25) is 0 Å². The van der Waals surface area contributed by atoms with E-state index >= 15 is 0 Å². The molecule has 0 saturated carbocycles. The van der Waals surface area contributed by atoms with Crippen LogP contribution in [0, 0.1) is 0 Å². The number of ether oxygens (including phenoxy) is 3. The summed E-state index contributed by atoms with van der Waals surface area (Å²) in [5, 5.41) is 0. The van der Waals surface area contributed by atoms with Crippen molar-refractivity contribution in [2.75, 3.05) is 19.8 Å². The maximum atomic E-state index is 12.7. The molecule has 0 heterocycles. The Morgan fingerprint density at radius 1 is 0.426 bits per heavy atom. The van der Waals surface area contributed by atoms with Crippen LogP contribution in [0.5, 0.6) is 0 Å². The van der Waals surface area contributed by atoms with Crippen LogP contribution in [0.15, 0.2) is 60.8 Å². The molecule has 0 saturated heterocycles. The number of carbonyl (C=O) groups is 2. The first-order chi connectivity index (χ1) is 26.6. The number of hydrogen-bond donors (Lipinski definition) is 0. The largest absolute Gasteiger partial charge is 0.462 e. The molecular weight excluding hydrogens is 669 g/mol. The summed E-state index contributed by atoms with van der Waals surface area (Å²) in [5.41, 5.74) is 0. The molecule has 312 valence electrons. The Bertz CT molecular complexity index is 946. The van der Waals surface area contributed by atoms with Crippen LogP contribution in [0.3, 0.4) is 0 Å². The van der Waals surface area contributed by atoms with E-state index in [0.717, 1.165) is 89.9 Å². The zero-order valence-corrected chi connectivity index (χ0v) is 35.7. The van der Waals surface area contributed by atoms with Crippen molar-refractivity contribution in [2.24, 2.45) is 0 Å². The van der Waals surface area contributed by atoms with E-state index in [1.165, 1.54) is 89.9 Å². The minimum atomic E-state index is -0.547. The number of hydrogen-bond acceptors (Lipinski definition) is 5. The third-order valence-electron chi connectivity index (χ3n) is 9.52. The van der Waals surface area contributed by atoms with Crippen LogP contribution in [-0.2, 0) is 23.8 Å². The summed E-state index contributed by atoms with van der Waals surface area (Å²) in [6, 6.07) is 0. The quantitative estimate of drug-likeness (QED) is 0.0353. The van der Waals surface area contributed by atoms with Gasteiger partial charge in [0, 0.05) is 19.4 Å². The zero-order chi connectivity index (χ0) is 39.3. The highest BCUT2D eigenvalue weighted by Crippen LogP contribution is 2.13. The van der Waals surface area contributed by atoms with Gasteiger partial charge in [-0.1, -0.05) is 184 Å². The predicted octanol–water partition coefficient (Wildman–Crippen LogP) is 15.0. The molecule has 0 aromatic heterocycles. The van der Waals surface area contributed by atoms with Crippen molar-refractivity contribution in [2.45, 2.75) is 219 Å². The highest BCUT2D eigenvalue weighted by Gasteiger charge is 2.17. The van der Waals surface area contributed by atoms with Crippen molar-refractivity contribution >= 4 is 11.9 Å². The van der Waals surface area contributed by atoms with Crippen LogP contribution in [-0.4, -0.2) is 37.9 Å². The van der Waals surface area contributed by atoms with E-state index < -0.39 is 6.10 Å². The minimum absolute atomic E-state index is 0.0709. The van der Waals surface area contributed by atoms with Crippen LogP contribution in [0.25, 0.3) is 0 Å². The fraction of sp³-hybridized carbons (Fsp3) is 0.755. The van der Waals surface area contributed by atoms with E-state index in [1.807, 2.05) is 0 Å². The van der Waals surface area contributed by atoms with E-state index in [0.29, 0.717) is 19.4 Å². The summed E-state index contributed by atoms with van der Waals surface area (Å²) in [6.07, 6.45) is 55.0. The molecule has 1 atom stereocenters. The highest BCUT2D eigenvalue weighted by atomic mass is 16.6. The van der Waals surface area contributed by atoms with Gasteiger partial charge in [-0.2, -0.15) is 0 Å². The second-order valence-electron chi connectivity index (χ2n) is 14.9. The van der Waals surface area contributed by atoms with E-state index in [4.69, 9.17) is 14.2 Å². The van der Waals surface area contributed by atoms with Crippen molar-refractivity contribution in [3.8, 4) is 0 Å². The Balaban J connectivity index is 4.29. The molecule has 0 spiro atoms. The molecule has 0 aromatic carbocycles. The van der Waals surface area contributed by atoms with Gasteiger partial charge in [0.05, 0.1) is 6.61 Å². The summed E-state index contributed by atoms with van der Waals surface area (Å²) < 4.78 is 17.3.